The van der Waals surface area contributed by atoms with Gasteiger partial charge in [0.15, 0.2) is 5.82 Å². The number of likely N-dealkylation sites (N-methyl/N-ethyl adjacent to an activating group) is 1. The van der Waals surface area contributed by atoms with Gasteiger partial charge in [0, 0.05) is 69.8 Å². The lowest BCUT2D eigenvalue weighted by Crippen LogP contribution is -2.48. The van der Waals surface area contributed by atoms with Crippen molar-refractivity contribution in [3.8, 4) is 22.6 Å². The fraction of sp³-hybridized carbons (Fsp3) is 0.500. The molecule has 1 saturated heterocycles. The van der Waals surface area contributed by atoms with Crippen LogP contribution in [0.3, 0.4) is 0 Å². The largest absolute Gasteiger partial charge is 0.384 e. The molecule has 210 valence electrons. The molecule has 3 heterocycles. The van der Waals surface area contributed by atoms with Gasteiger partial charge in [-0.2, -0.15) is 0 Å². The van der Waals surface area contributed by atoms with Crippen LogP contribution in [0.1, 0.15) is 22.6 Å². The summed E-state index contributed by atoms with van der Waals surface area (Å²) in [6.45, 7) is 12.7. The summed E-state index contributed by atoms with van der Waals surface area (Å²) in [7, 11) is 3.68. The predicted octanol–water partition coefficient (Wildman–Crippen LogP) is 3.82. The van der Waals surface area contributed by atoms with Crippen molar-refractivity contribution in [3.63, 3.8) is 0 Å². The van der Waals surface area contributed by atoms with Crippen LogP contribution < -0.4 is 15.5 Å². The molecule has 1 fully saturated rings. The molecule has 1 aliphatic rings. The average Bonchev–Trinajstić information content (AvgIpc) is 3.29. The maximum Gasteiger partial charge on any atom is 0.162 e. The van der Waals surface area contributed by atoms with Crippen LogP contribution in [-0.2, 0) is 11.3 Å². The third-order valence-electron chi connectivity index (χ3n) is 6.81. The van der Waals surface area contributed by atoms with Gasteiger partial charge in [0.25, 0.3) is 0 Å². The number of methoxy groups -OCH3 is 1. The van der Waals surface area contributed by atoms with Gasteiger partial charge < -0.3 is 29.7 Å². The second-order valence-corrected chi connectivity index (χ2v) is 11.3. The molecule has 0 saturated carbocycles. The van der Waals surface area contributed by atoms with Crippen LogP contribution in [-0.4, -0.2) is 90.1 Å². The van der Waals surface area contributed by atoms with Crippen molar-refractivity contribution >= 4 is 34.1 Å². The highest BCUT2D eigenvalue weighted by Gasteiger charge is 2.26. The van der Waals surface area contributed by atoms with E-state index < -0.39 is 0 Å². The lowest BCUT2D eigenvalue weighted by Gasteiger charge is -2.37. The molecule has 0 atom stereocenters. The highest BCUT2D eigenvalue weighted by Crippen LogP contribution is 2.35. The maximum atomic E-state index is 5.68. The summed E-state index contributed by atoms with van der Waals surface area (Å²) in [5.74, 6) is 3.28. The van der Waals surface area contributed by atoms with Crippen LogP contribution >= 0.6 is 24.0 Å². The fourth-order valence-corrected chi connectivity index (χ4v) is 5.90. The summed E-state index contributed by atoms with van der Waals surface area (Å²) in [5.41, 5.74) is 5.86. The molecule has 1 aromatic carbocycles. The van der Waals surface area contributed by atoms with E-state index in [2.05, 4.69) is 56.8 Å². The van der Waals surface area contributed by atoms with Crippen molar-refractivity contribution < 1.29 is 9.26 Å². The Morgan fingerprint density at radius 2 is 1.92 bits per heavy atom. The van der Waals surface area contributed by atoms with E-state index in [1.54, 1.807) is 18.9 Å². The lowest BCUT2D eigenvalue weighted by atomic mass is 10.0. The monoisotopic (exact) mass is 569 g/mol. The summed E-state index contributed by atoms with van der Waals surface area (Å²) >= 11 is 7.36. The quantitative estimate of drug-likeness (QED) is 0.261. The Morgan fingerprint density at radius 1 is 1.13 bits per heavy atom. The van der Waals surface area contributed by atoms with E-state index in [0.29, 0.717) is 12.4 Å². The molecule has 39 heavy (non-hydrogen) atoms. The smallest absolute Gasteiger partial charge is 0.162 e. The molecule has 0 amide bonds. The zero-order chi connectivity index (χ0) is 27.8. The normalized spacial score (nSPS) is 13.8. The lowest BCUT2D eigenvalue weighted by molar-refractivity contribution is 0.219. The van der Waals surface area contributed by atoms with Gasteiger partial charge in [-0.25, -0.2) is 9.97 Å². The van der Waals surface area contributed by atoms with Gasteiger partial charge in [0.2, 0.25) is 0 Å². The van der Waals surface area contributed by atoms with Crippen molar-refractivity contribution in [1.82, 2.24) is 30.7 Å². The van der Waals surface area contributed by atoms with E-state index in [9.17, 15) is 0 Å². The summed E-state index contributed by atoms with van der Waals surface area (Å²) in [6.07, 6.45) is 0. The van der Waals surface area contributed by atoms with Crippen molar-refractivity contribution in [2.45, 2.75) is 27.3 Å². The van der Waals surface area contributed by atoms with E-state index in [1.165, 1.54) is 5.56 Å². The summed E-state index contributed by atoms with van der Waals surface area (Å²) in [4.78, 5) is 14.9. The zero-order valence-corrected chi connectivity index (χ0v) is 25.2. The molecule has 0 bridgehead atoms. The van der Waals surface area contributed by atoms with Crippen molar-refractivity contribution in [2.24, 2.45) is 0 Å². The first-order chi connectivity index (χ1) is 18.9. The van der Waals surface area contributed by atoms with E-state index in [4.69, 9.17) is 31.4 Å². The van der Waals surface area contributed by atoms with Crippen LogP contribution in [0.25, 0.3) is 22.6 Å². The van der Waals surface area contributed by atoms with Crippen molar-refractivity contribution in [2.75, 3.05) is 70.7 Å². The number of anilines is 1. The van der Waals surface area contributed by atoms with Crippen LogP contribution in [0, 0.1) is 20.8 Å². The molecule has 2 N–H and O–H groups in total. The SMILES string of the molecule is CNCCNCc1cccc(-c2nc(-c3c(C)noc3C)c(C)c(N3CCN(C(=S)SCCOC)CC3)n2)c1. The van der Waals surface area contributed by atoms with Gasteiger partial charge in [-0.3, -0.25) is 0 Å². The minimum atomic E-state index is 0.700. The number of nitrogens with one attached hydrogen (secondary N) is 2. The molecule has 0 spiro atoms. The van der Waals surface area contributed by atoms with Crippen LogP contribution in [0.5, 0.6) is 0 Å². The fourth-order valence-electron chi connectivity index (χ4n) is 4.68. The second kappa shape index (κ2) is 14.2. The Labute approximate surface area is 241 Å². The van der Waals surface area contributed by atoms with Crippen molar-refractivity contribution in [3.05, 3.63) is 46.8 Å². The van der Waals surface area contributed by atoms with Crippen LogP contribution in [0.4, 0.5) is 5.82 Å². The third kappa shape index (κ3) is 7.34. The Kier molecular flexibility index (Phi) is 10.7. The molecule has 4 rings (SSSR count). The number of hydrogen-bond donors (Lipinski definition) is 2. The molecule has 2 aromatic heterocycles. The molecule has 9 nitrogen and oxygen atoms in total. The predicted molar refractivity (Wildman–Crippen MR) is 164 cm³/mol. The van der Waals surface area contributed by atoms with Crippen LogP contribution in [0.15, 0.2) is 28.8 Å². The van der Waals surface area contributed by atoms with Crippen LogP contribution in [0.2, 0.25) is 0 Å². The molecule has 11 heteroatoms. The molecule has 3 aromatic rings. The Morgan fingerprint density at radius 3 is 2.62 bits per heavy atom. The van der Waals surface area contributed by atoms with Gasteiger partial charge >= 0.3 is 0 Å². The second-order valence-electron chi connectivity index (χ2n) is 9.61. The number of rotatable bonds is 11. The average molecular weight is 570 g/mol. The first-order valence-electron chi connectivity index (χ1n) is 13.3. The maximum absolute atomic E-state index is 5.68. The highest BCUT2D eigenvalue weighted by molar-refractivity contribution is 8.22. The Balaban J connectivity index is 1.63. The molecular weight excluding hydrogens is 530 g/mol. The first-order valence-corrected chi connectivity index (χ1v) is 14.7. The van der Waals surface area contributed by atoms with E-state index in [1.807, 2.05) is 20.9 Å². The third-order valence-corrected chi connectivity index (χ3v) is 8.29. The zero-order valence-electron chi connectivity index (χ0n) is 23.5. The van der Waals surface area contributed by atoms with E-state index >= 15 is 0 Å². The number of nitrogens with zero attached hydrogens (tertiary/aromatic N) is 5. The highest BCUT2D eigenvalue weighted by atomic mass is 32.2. The molecular formula is C28H39N7O2S2. The van der Waals surface area contributed by atoms with Crippen molar-refractivity contribution in [1.29, 1.82) is 0 Å². The molecule has 0 aliphatic carbocycles. The van der Waals surface area contributed by atoms with E-state index in [-0.39, 0.29) is 0 Å². The Hall–Kier alpha value is -2.57. The van der Waals surface area contributed by atoms with Gasteiger partial charge in [-0.1, -0.05) is 47.3 Å². The minimum Gasteiger partial charge on any atom is -0.384 e. The van der Waals surface area contributed by atoms with Gasteiger partial charge in [-0.05, 0) is 39.4 Å². The van der Waals surface area contributed by atoms with Gasteiger partial charge in [0.05, 0.1) is 23.6 Å². The number of benzene rings is 1. The molecule has 0 radical (unpaired) electrons. The number of thioether (sulfide) groups is 1. The van der Waals surface area contributed by atoms with Gasteiger partial charge in [0.1, 0.15) is 15.9 Å². The summed E-state index contributed by atoms with van der Waals surface area (Å²) in [5, 5.41) is 10.8. The first kappa shape index (κ1) is 29.4. The van der Waals surface area contributed by atoms with E-state index in [0.717, 1.165) is 95.5 Å². The number of aryl methyl sites for hydroxylation is 2. The number of hydrogen-bond acceptors (Lipinski definition) is 10. The number of aromatic nitrogens is 3. The summed E-state index contributed by atoms with van der Waals surface area (Å²) in [6, 6.07) is 8.46. The number of ether oxygens (including phenoxy) is 1. The molecule has 1 aliphatic heterocycles. The molecule has 0 unspecified atom stereocenters. The standard InChI is InChI=1S/C28H39N7O2S2/c1-19-25(24-20(2)33-37-21(24)3)31-26(23-8-6-7-22(17-23)18-30-10-9-29-4)32-27(19)34-11-13-35(14-12-34)28(38)39-16-15-36-5/h6-8,17,29-30H,9-16,18H2,1-5H3. The number of thiocarbonyl (C=S) groups is 1. The minimum absolute atomic E-state index is 0.700. The number of piperazine rings is 1. The topological polar surface area (TPSA) is 91.6 Å². The summed E-state index contributed by atoms with van der Waals surface area (Å²) < 4.78 is 11.6. The Bertz CT molecular complexity index is 1240. The van der Waals surface area contributed by atoms with Gasteiger partial charge in [-0.15, -0.1) is 0 Å².